The highest BCUT2D eigenvalue weighted by atomic mass is 15.6. The van der Waals surface area contributed by atoms with Crippen molar-refractivity contribution in [1.82, 2.24) is 25.1 Å². The summed E-state index contributed by atoms with van der Waals surface area (Å²) in [4.78, 5) is 2.69. The van der Waals surface area contributed by atoms with E-state index >= 15 is 0 Å². The summed E-state index contributed by atoms with van der Waals surface area (Å²) >= 11 is 0. The number of rotatable bonds is 3. The van der Waals surface area contributed by atoms with E-state index in [1.165, 1.54) is 70.0 Å². The van der Waals surface area contributed by atoms with Gasteiger partial charge in [-0.25, -0.2) is 0 Å². The number of benzene rings is 1. The molecule has 0 unspecified atom stereocenters. The van der Waals surface area contributed by atoms with Crippen LogP contribution in [0.4, 0.5) is 0 Å². The number of hydrogen-bond donors (Lipinski definition) is 0. The van der Waals surface area contributed by atoms with Gasteiger partial charge in [0.05, 0.1) is 11.2 Å². The lowest BCUT2D eigenvalue weighted by molar-refractivity contribution is 0.0213. The Kier molecular flexibility index (Phi) is 4.35. The van der Waals surface area contributed by atoms with Gasteiger partial charge < -0.3 is 0 Å². The lowest BCUT2D eigenvalue weighted by atomic mass is 9.78. The molecule has 0 atom stereocenters. The smallest absolute Gasteiger partial charge is 0.176 e. The molecule has 1 saturated heterocycles. The van der Waals surface area contributed by atoms with Crippen LogP contribution < -0.4 is 0 Å². The van der Waals surface area contributed by atoms with Crippen LogP contribution in [0.2, 0.25) is 0 Å². The quantitative estimate of drug-likeness (QED) is 0.865. The van der Waals surface area contributed by atoms with E-state index in [4.69, 9.17) is 0 Å². The van der Waals surface area contributed by atoms with Crippen molar-refractivity contribution in [2.75, 3.05) is 13.1 Å². The third-order valence-electron chi connectivity index (χ3n) is 5.87. The summed E-state index contributed by atoms with van der Waals surface area (Å²) in [5.41, 5.74) is 2.35. The Morgan fingerprint density at radius 1 is 0.917 bits per heavy atom. The molecule has 5 heteroatoms. The maximum Gasteiger partial charge on any atom is 0.176 e. The van der Waals surface area contributed by atoms with Crippen molar-refractivity contribution in [2.45, 2.75) is 63.8 Å². The van der Waals surface area contributed by atoms with Crippen LogP contribution in [-0.4, -0.2) is 38.2 Å². The minimum Gasteiger partial charge on any atom is -0.291 e. The predicted molar refractivity (Wildman–Crippen MR) is 94.1 cm³/mol. The average Bonchev–Trinajstić information content (AvgIpc) is 3.13. The number of hydrogen-bond acceptors (Lipinski definition) is 4. The first-order valence-electron chi connectivity index (χ1n) is 9.41. The highest BCUT2D eigenvalue weighted by Crippen LogP contribution is 2.43. The highest BCUT2D eigenvalue weighted by molar-refractivity contribution is 5.40. The predicted octanol–water partition coefficient (Wildman–Crippen LogP) is 3.62. The number of piperidine rings is 1. The number of likely N-dealkylation sites (tertiary alicyclic amines) is 1. The normalized spacial score (nSPS) is 21.7. The van der Waals surface area contributed by atoms with Gasteiger partial charge in [-0.1, -0.05) is 43.9 Å². The second-order valence-electron chi connectivity index (χ2n) is 7.34. The van der Waals surface area contributed by atoms with E-state index in [1.54, 1.807) is 0 Å². The summed E-state index contributed by atoms with van der Waals surface area (Å²) in [6.07, 6.45) is 10.2. The third-order valence-corrected chi connectivity index (χ3v) is 5.87. The molecule has 0 spiro atoms. The largest absolute Gasteiger partial charge is 0.291 e. The van der Waals surface area contributed by atoms with E-state index in [9.17, 15) is 0 Å². The Balaban J connectivity index is 1.79. The standard InChI is InChI=1S/C19H27N5/c1-16-10-4-5-11-17(16)24-18(20-21-22-24)19(12-6-2-7-13-19)23-14-8-3-9-15-23/h4-5,10-11H,2-3,6-9,12-15H2,1H3. The Bertz CT molecular complexity index is 681. The maximum absolute atomic E-state index is 4.56. The first-order valence-corrected chi connectivity index (χ1v) is 9.41. The second-order valence-corrected chi connectivity index (χ2v) is 7.34. The van der Waals surface area contributed by atoms with Crippen molar-refractivity contribution in [1.29, 1.82) is 0 Å². The summed E-state index contributed by atoms with van der Waals surface area (Å²) in [5.74, 6) is 1.05. The Morgan fingerprint density at radius 3 is 2.38 bits per heavy atom. The van der Waals surface area contributed by atoms with Crippen molar-refractivity contribution in [2.24, 2.45) is 0 Å². The molecule has 128 valence electrons. The maximum atomic E-state index is 4.56. The fourth-order valence-electron chi connectivity index (χ4n) is 4.58. The lowest BCUT2D eigenvalue weighted by Gasteiger charge is -2.47. The molecular formula is C19H27N5. The van der Waals surface area contributed by atoms with Crippen LogP contribution in [-0.2, 0) is 5.54 Å². The lowest BCUT2D eigenvalue weighted by Crippen LogP contribution is -2.51. The molecular weight excluding hydrogens is 298 g/mol. The summed E-state index contributed by atoms with van der Waals surface area (Å²) in [7, 11) is 0. The van der Waals surface area contributed by atoms with Gasteiger partial charge in [0.1, 0.15) is 0 Å². The van der Waals surface area contributed by atoms with Gasteiger partial charge in [0, 0.05) is 0 Å². The van der Waals surface area contributed by atoms with Crippen molar-refractivity contribution in [3.63, 3.8) is 0 Å². The zero-order valence-corrected chi connectivity index (χ0v) is 14.6. The summed E-state index contributed by atoms with van der Waals surface area (Å²) in [6.45, 7) is 4.50. The van der Waals surface area contributed by atoms with Gasteiger partial charge in [0.15, 0.2) is 5.82 Å². The van der Waals surface area contributed by atoms with E-state index in [-0.39, 0.29) is 5.54 Å². The van der Waals surface area contributed by atoms with Crippen LogP contribution in [0.3, 0.4) is 0 Å². The molecule has 1 aromatic heterocycles. The van der Waals surface area contributed by atoms with E-state index in [1.807, 2.05) is 4.68 Å². The van der Waals surface area contributed by atoms with Crippen LogP contribution in [0, 0.1) is 6.92 Å². The molecule has 5 nitrogen and oxygen atoms in total. The van der Waals surface area contributed by atoms with Crippen molar-refractivity contribution in [3.8, 4) is 5.69 Å². The topological polar surface area (TPSA) is 46.8 Å². The molecule has 2 fully saturated rings. The zero-order valence-electron chi connectivity index (χ0n) is 14.6. The van der Waals surface area contributed by atoms with Gasteiger partial charge in [0.25, 0.3) is 0 Å². The van der Waals surface area contributed by atoms with E-state index < -0.39 is 0 Å². The number of nitrogens with zero attached hydrogens (tertiary/aromatic N) is 5. The van der Waals surface area contributed by atoms with Gasteiger partial charge in [-0.15, -0.1) is 5.10 Å². The van der Waals surface area contributed by atoms with Gasteiger partial charge in [-0.3, -0.25) is 4.90 Å². The van der Waals surface area contributed by atoms with Crippen LogP contribution in [0.1, 0.15) is 62.8 Å². The molecule has 2 aliphatic rings. The minimum absolute atomic E-state index is 0.0183. The van der Waals surface area contributed by atoms with Crippen molar-refractivity contribution < 1.29 is 0 Å². The summed E-state index contributed by atoms with van der Waals surface area (Å²) in [6, 6.07) is 8.41. The summed E-state index contributed by atoms with van der Waals surface area (Å²) in [5, 5.41) is 13.0. The number of aryl methyl sites for hydroxylation is 1. The molecule has 2 aromatic rings. The first-order chi connectivity index (χ1) is 11.8. The molecule has 4 rings (SSSR count). The molecule has 1 aliphatic carbocycles. The Labute approximate surface area is 144 Å². The van der Waals surface area contributed by atoms with Gasteiger partial charge in [0.2, 0.25) is 0 Å². The van der Waals surface area contributed by atoms with Crippen molar-refractivity contribution in [3.05, 3.63) is 35.7 Å². The number of aromatic nitrogens is 4. The van der Waals surface area contributed by atoms with Crippen LogP contribution in [0.15, 0.2) is 24.3 Å². The van der Waals surface area contributed by atoms with Crippen LogP contribution >= 0.6 is 0 Å². The Hall–Kier alpha value is -1.75. The minimum atomic E-state index is 0.0183. The van der Waals surface area contributed by atoms with Crippen molar-refractivity contribution >= 4 is 0 Å². The monoisotopic (exact) mass is 325 g/mol. The third kappa shape index (κ3) is 2.65. The highest BCUT2D eigenvalue weighted by Gasteiger charge is 2.44. The molecule has 0 N–H and O–H groups in total. The number of para-hydroxylation sites is 1. The summed E-state index contributed by atoms with van der Waals surface area (Å²) < 4.78 is 2.01. The second kappa shape index (κ2) is 6.63. The number of tetrazole rings is 1. The fourth-order valence-corrected chi connectivity index (χ4v) is 4.58. The van der Waals surface area contributed by atoms with E-state index in [2.05, 4.69) is 51.6 Å². The molecule has 2 heterocycles. The van der Waals surface area contributed by atoms with Crippen LogP contribution in [0.5, 0.6) is 0 Å². The molecule has 1 saturated carbocycles. The molecule has 24 heavy (non-hydrogen) atoms. The van der Waals surface area contributed by atoms with E-state index in [0.717, 1.165) is 11.5 Å². The molecule has 0 bridgehead atoms. The molecule has 1 aliphatic heterocycles. The Morgan fingerprint density at radius 2 is 1.62 bits per heavy atom. The van der Waals surface area contributed by atoms with Crippen LogP contribution in [0.25, 0.3) is 5.69 Å². The SMILES string of the molecule is Cc1ccccc1-n1nnnc1C1(N2CCCCC2)CCCCC1. The molecule has 1 aromatic carbocycles. The van der Waals surface area contributed by atoms with Gasteiger partial charge in [-0.2, -0.15) is 4.68 Å². The first kappa shape index (κ1) is 15.8. The van der Waals surface area contributed by atoms with Gasteiger partial charge >= 0.3 is 0 Å². The fraction of sp³-hybridized carbons (Fsp3) is 0.632. The van der Waals surface area contributed by atoms with Gasteiger partial charge in [-0.05, 0) is 67.8 Å². The zero-order chi connectivity index (χ0) is 16.4. The molecule has 0 radical (unpaired) electrons. The molecule has 0 amide bonds. The van der Waals surface area contributed by atoms with E-state index in [0.29, 0.717) is 0 Å². The average molecular weight is 325 g/mol.